The largest absolute Gasteiger partial charge is 0.462 e. The Morgan fingerprint density at radius 3 is 2.70 bits per heavy atom. The number of anilines is 1. The van der Waals surface area contributed by atoms with Crippen LogP contribution in [0, 0.1) is 6.92 Å². The average Bonchev–Trinajstić information content (AvgIpc) is 2.64. The van der Waals surface area contributed by atoms with E-state index in [1.807, 2.05) is 6.92 Å². The normalized spacial score (nSPS) is 24.1. The second kappa shape index (κ2) is 9.22. The Labute approximate surface area is 166 Å². The Balaban J connectivity index is 1.67. The van der Waals surface area contributed by atoms with Crippen LogP contribution in [-0.2, 0) is 4.74 Å². The van der Waals surface area contributed by atoms with Gasteiger partial charge >= 0.3 is 5.97 Å². The highest BCUT2D eigenvalue weighted by molar-refractivity contribution is 6.34. The molecule has 3 rings (SSSR count). The zero-order valence-corrected chi connectivity index (χ0v) is 17.0. The van der Waals surface area contributed by atoms with Crippen LogP contribution in [0.25, 0.3) is 0 Å². The number of piperidine rings is 1. The number of pyridine rings is 1. The number of aryl methyl sites for hydroxylation is 1. The maximum Gasteiger partial charge on any atom is 0.343 e. The number of esters is 1. The van der Waals surface area contributed by atoms with Gasteiger partial charge in [0.25, 0.3) is 0 Å². The lowest BCUT2D eigenvalue weighted by Crippen LogP contribution is -2.51. The monoisotopic (exact) mass is 395 g/mol. The summed E-state index contributed by atoms with van der Waals surface area (Å²) in [5, 5.41) is 14.2. The third kappa shape index (κ3) is 4.92. The number of aliphatic hydroxyl groups is 1. The highest BCUT2D eigenvalue weighted by Gasteiger charge is 2.30. The molecule has 7 heteroatoms. The van der Waals surface area contributed by atoms with Crippen LogP contribution in [0.2, 0.25) is 5.02 Å². The first-order chi connectivity index (χ1) is 13.0. The van der Waals surface area contributed by atoms with Crippen molar-refractivity contribution in [1.29, 1.82) is 0 Å². The second-order valence-electron chi connectivity index (χ2n) is 7.55. The van der Waals surface area contributed by atoms with E-state index in [0.29, 0.717) is 29.1 Å². The molecule has 27 heavy (non-hydrogen) atoms. The smallest absolute Gasteiger partial charge is 0.343 e. The topological polar surface area (TPSA) is 74.7 Å². The van der Waals surface area contributed by atoms with Gasteiger partial charge in [0, 0.05) is 30.9 Å². The zero-order valence-electron chi connectivity index (χ0n) is 16.2. The number of aliphatic hydroxyl groups excluding tert-OH is 1. The minimum Gasteiger partial charge on any atom is -0.462 e. The molecule has 0 bridgehead atoms. The molecule has 0 amide bonds. The van der Waals surface area contributed by atoms with Gasteiger partial charge in [0.1, 0.15) is 11.4 Å². The second-order valence-corrected chi connectivity index (χ2v) is 7.96. The minimum absolute atomic E-state index is 0.205. The number of carbonyl (C=O) groups is 1. The van der Waals surface area contributed by atoms with Crippen LogP contribution in [-0.4, -0.2) is 53.9 Å². The maximum absolute atomic E-state index is 12.4. The molecule has 2 fully saturated rings. The molecule has 150 valence electrons. The summed E-state index contributed by atoms with van der Waals surface area (Å²) < 4.78 is 5.18. The molecule has 2 atom stereocenters. The molecule has 2 aliphatic rings. The van der Waals surface area contributed by atoms with Gasteiger partial charge in [-0.1, -0.05) is 24.4 Å². The van der Waals surface area contributed by atoms with Gasteiger partial charge in [-0.2, -0.15) is 0 Å². The van der Waals surface area contributed by atoms with Crippen molar-refractivity contribution in [1.82, 2.24) is 10.3 Å². The third-order valence-electron chi connectivity index (χ3n) is 5.53. The number of hydrogen-bond donors (Lipinski definition) is 2. The van der Waals surface area contributed by atoms with Crippen molar-refractivity contribution < 1.29 is 14.6 Å². The molecule has 0 spiro atoms. The van der Waals surface area contributed by atoms with Crippen molar-refractivity contribution in [3.63, 3.8) is 0 Å². The first-order valence-corrected chi connectivity index (χ1v) is 10.4. The fraction of sp³-hybridized carbons (Fsp3) is 0.700. The van der Waals surface area contributed by atoms with E-state index in [1.54, 1.807) is 13.0 Å². The summed E-state index contributed by atoms with van der Waals surface area (Å²) >= 11 is 6.35. The van der Waals surface area contributed by atoms with Crippen LogP contribution < -0.4 is 10.2 Å². The summed E-state index contributed by atoms with van der Waals surface area (Å²) in [7, 11) is 0. The number of nitrogens with zero attached hydrogens (tertiary/aromatic N) is 2. The summed E-state index contributed by atoms with van der Waals surface area (Å²) in [6, 6.07) is 2.29. The Hall–Kier alpha value is -1.37. The fourth-order valence-corrected chi connectivity index (χ4v) is 4.42. The summed E-state index contributed by atoms with van der Waals surface area (Å²) in [6.45, 7) is 5.55. The Kier molecular flexibility index (Phi) is 6.95. The van der Waals surface area contributed by atoms with Crippen molar-refractivity contribution >= 4 is 23.4 Å². The molecule has 2 heterocycles. The predicted molar refractivity (Wildman–Crippen MR) is 107 cm³/mol. The molecule has 6 nitrogen and oxygen atoms in total. The third-order valence-corrected chi connectivity index (χ3v) is 5.83. The highest BCUT2D eigenvalue weighted by Crippen LogP contribution is 2.30. The molecule has 0 aromatic carbocycles. The molecule has 1 aliphatic heterocycles. The van der Waals surface area contributed by atoms with E-state index < -0.39 is 5.97 Å². The first kappa shape index (κ1) is 20.4. The number of hydrogen-bond acceptors (Lipinski definition) is 6. The highest BCUT2D eigenvalue weighted by atomic mass is 35.5. The van der Waals surface area contributed by atoms with Gasteiger partial charge in [0.05, 0.1) is 17.7 Å². The average molecular weight is 396 g/mol. The van der Waals surface area contributed by atoms with E-state index in [0.717, 1.165) is 50.9 Å². The van der Waals surface area contributed by atoms with E-state index in [4.69, 9.17) is 16.3 Å². The first-order valence-electron chi connectivity index (χ1n) is 10.0. The summed E-state index contributed by atoms with van der Waals surface area (Å²) in [6.07, 6.45) is 5.90. The van der Waals surface area contributed by atoms with Gasteiger partial charge in [-0.05, 0) is 45.6 Å². The van der Waals surface area contributed by atoms with E-state index in [9.17, 15) is 9.90 Å². The molecule has 1 aliphatic carbocycles. The summed E-state index contributed by atoms with van der Waals surface area (Å²) in [5.74, 6) is 0.199. The Morgan fingerprint density at radius 1 is 1.33 bits per heavy atom. The molecule has 1 aromatic heterocycles. The summed E-state index contributed by atoms with van der Waals surface area (Å²) in [5.41, 5.74) is 1.15. The van der Waals surface area contributed by atoms with E-state index in [-0.39, 0.29) is 12.1 Å². The van der Waals surface area contributed by atoms with Gasteiger partial charge in [0.15, 0.2) is 0 Å². The molecule has 2 N–H and O–H groups in total. The predicted octanol–water partition coefficient (Wildman–Crippen LogP) is 3.08. The molecule has 0 radical (unpaired) electrons. The van der Waals surface area contributed by atoms with Crippen LogP contribution in [0.5, 0.6) is 0 Å². The standard InChI is InChI=1S/C20H30ClN3O3/c1-3-27-20(26)18-15(21)12-13(2)22-19(18)24-10-8-14(9-11-24)23-16-6-4-5-7-17(16)25/h12,14,16-17,23,25H,3-11H2,1-2H3/t16-,17-/m1/s1. The van der Waals surface area contributed by atoms with Crippen molar-refractivity contribution in [2.24, 2.45) is 0 Å². The molecule has 1 saturated heterocycles. The van der Waals surface area contributed by atoms with Crippen molar-refractivity contribution in [2.45, 2.75) is 70.6 Å². The van der Waals surface area contributed by atoms with E-state index in [2.05, 4.69) is 15.2 Å². The van der Waals surface area contributed by atoms with Crippen LogP contribution in [0.1, 0.15) is 61.5 Å². The number of ether oxygens (including phenoxy) is 1. The molecular weight excluding hydrogens is 366 g/mol. The summed E-state index contributed by atoms with van der Waals surface area (Å²) in [4.78, 5) is 19.1. The number of carbonyl (C=O) groups excluding carboxylic acids is 1. The molecule has 1 aromatic rings. The fourth-order valence-electron chi connectivity index (χ4n) is 4.10. The van der Waals surface area contributed by atoms with Crippen LogP contribution >= 0.6 is 11.6 Å². The zero-order chi connectivity index (χ0) is 19.4. The van der Waals surface area contributed by atoms with Crippen molar-refractivity contribution in [2.75, 3.05) is 24.6 Å². The van der Waals surface area contributed by atoms with Gasteiger partial charge in [-0.15, -0.1) is 0 Å². The lowest BCUT2D eigenvalue weighted by atomic mass is 9.91. The number of halogens is 1. The van der Waals surface area contributed by atoms with Gasteiger partial charge in [0.2, 0.25) is 0 Å². The van der Waals surface area contributed by atoms with Gasteiger partial charge < -0.3 is 20.1 Å². The van der Waals surface area contributed by atoms with Crippen molar-refractivity contribution in [3.8, 4) is 0 Å². The quantitative estimate of drug-likeness (QED) is 0.746. The van der Waals surface area contributed by atoms with Crippen LogP contribution in [0.15, 0.2) is 6.07 Å². The molecular formula is C20H30ClN3O3. The lowest BCUT2D eigenvalue weighted by Gasteiger charge is -2.38. The lowest BCUT2D eigenvalue weighted by molar-refractivity contribution is 0.0526. The van der Waals surface area contributed by atoms with Crippen LogP contribution in [0.3, 0.4) is 0 Å². The Bertz CT molecular complexity index is 662. The molecule has 1 saturated carbocycles. The number of rotatable bonds is 5. The van der Waals surface area contributed by atoms with E-state index in [1.165, 1.54) is 6.42 Å². The van der Waals surface area contributed by atoms with Gasteiger partial charge in [-0.25, -0.2) is 9.78 Å². The van der Waals surface area contributed by atoms with Crippen LogP contribution in [0.4, 0.5) is 5.82 Å². The Morgan fingerprint density at radius 2 is 2.04 bits per heavy atom. The maximum atomic E-state index is 12.4. The van der Waals surface area contributed by atoms with Gasteiger partial charge in [-0.3, -0.25) is 0 Å². The van der Waals surface area contributed by atoms with Crippen molar-refractivity contribution in [3.05, 3.63) is 22.3 Å². The SMILES string of the molecule is CCOC(=O)c1c(Cl)cc(C)nc1N1CCC(N[C@@H]2CCCC[C@H]2O)CC1. The molecule has 0 unspecified atom stereocenters. The van der Waals surface area contributed by atoms with E-state index >= 15 is 0 Å². The number of nitrogens with one attached hydrogen (secondary N) is 1. The minimum atomic E-state index is -0.421. The number of aromatic nitrogens is 1.